The number of aromatic amines is 2. The van der Waals surface area contributed by atoms with E-state index in [1.807, 2.05) is 0 Å². The molecule has 138 valence electrons. The number of halogens is 1. The predicted octanol–water partition coefficient (Wildman–Crippen LogP) is 0.368. The molecular formula is C17H14FN5O4. The fourth-order valence-electron chi connectivity index (χ4n) is 2.43. The van der Waals surface area contributed by atoms with Crippen LogP contribution in [0, 0.1) is 12.7 Å². The third kappa shape index (κ3) is 3.89. The van der Waals surface area contributed by atoms with Crippen LogP contribution >= 0.6 is 0 Å². The molecular weight excluding hydrogens is 357 g/mol. The van der Waals surface area contributed by atoms with E-state index in [0.29, 0.717) is 10.3 Å². The van der Waals surface area contributed by atoms with Gasteiger partial charge in [-0.05, 0) is 13.0 Å². The van der Waals surface area contributed by atoms with Gasteiger partial charge in [0.1, 0.15) is 11.4 Å². The molecule has 0 bridgehead atoms. The van der Waals surface area contributed by atoms with Gasteiger partial charge < -0.3 is 4.98 Å². The average molecular weight is 371 g/mol. The van der Waals surface area contributed by atoms with Gasteiger partial charge in [-0.15, -0.1) is 0 Å². The Labute approximate surface area is 150 Å². The molecule has 0 saturated heterocycles. The molecule has 0 saturated carbocycles. The molecule has 0 spiro atoms. The Morgan fingerprint density at radius 3 is 2.70 bits per heavy atom. The maximum absolute atomic E-state index is 13.8. The molecule has 2 heterocycles. The van der Waals surface area contributed by atoms with Crippen molar-refractivity contribution in [2.45, 2.75) is 13.5 Å². The fraction of sp³-hybridized carbons (Fsp3) is 0.118. The van der Waals surface area contributed by atoms with Crippen molar-refractivity contribution in [2.24, 2.45) is 0 Å². The number of benzene rings is 1. The van der Waals surface area contributed by atoms with Crippen molar-refractivity contribution < 1.29 is 9.18 Å². The lowest BCUT2D eigenvalue weighted by Gasteiger charge is -2.08. The quantitative estimate of drug-likeness (QED) is 0.610. The topological polar surface area (TPSA) is 130 Å². The van der Waals surface area contributed by atoms with Crippen molar-refractivity contribution in [3.05, 3.63) is 90.4 Å². The maximum Gasteiger partial charge on any atom is 0.328 e. The highest BCUT2D eigenvalue weighted by Crippen LogP contribution is 2.06. The molecule has 3 N–H and O–H groups in total. The van der Waals surface area contributed by atoms with Crippen LogP contribution < -0.4 is 22.1 Å². The summed E-state index contributed by atoms with van der Waals surface area (Å²) in [5.41, 5.74) is -2.08. The van der Waals surface area contributed by atoms with Gasteiger partial charge in [-0.3, -0.25) is 29.3 Å². The second-order valence-electron chi connectivity index (χ2n) is 5.68. The summed E-state index contributed by atoms with van der Waals surface area (Å²) >= 11 is 0. The van der Waals surface area contributed by atoms with E-state index in [0.717, 1.165) is 6.20 Å². The van der Waals surface area contributed by atoms with Crippen LogP contribution in [0.5, 0.6) is 0 Å². The third-order valence-electron chi connectivity index (χ3n) is 3.69. The van der Waals surface area contributed by atoms with E-state index in [1.165, 1.54) is 24.3 Å². The van der Waals surface area contributed by atoms with E-state index in [4.69, 9.17) is 0 Å². The smallest absolute Gasteiger partial charge is 0.313 e. The van der Waals surface area contributed by atoms with E-state index in [2.05, 4.69) is 20.3 Å². The molecule has 3 rings (SSSR count). The Kier molecular flexibility index (Phi) is 4.79. The Morgan fingerprint density at radius 1 is 1.26 bits per heavy atom. The molecule has 10 heteroatoms. The molecule has 3 aromatic rings. The Morgan fingerprint density at radius 2 is 2.00 bits per heavy atom. The van der Waals surface area contributed by atoms with Crippen LogP contribution in [-0.2, 0) is 6.54 Å². The number of hydrogen-bond acceptors (Lipinski definition) is 5. The normalized spacial score (nSPS) is 10.6. The summed E-state index contributed by atoms with van der Waals surface area (Å²) in [6.45, 7) is 1.22. The first-order chi connectivity index (χ1) is 12.8. The van der Waals surface area contributed by atoms with Gasteiger partial charge in [-0.2, -0.15) is 0 Å². The second-order valence-corrected chi connectivity index (χ2v) is 5.68. The number of nitrogens with zero attached hydrogens (tertiary/aromatic N) is 2. The van der Waals surface area contributed by atoms with Crippen molar-refractivity contribution in [3.8, 4) is 0 Å². The van der Waals surface area contributed by atoms with E-state index < -0.39 is 34.1 Å². The number of anilines is 1. The minimum atomic E-state index is -0.908. The van der Waals surface area contributed by atoms with Crippen molar-refractivity contribution in [1.29, 1.82) is 0 Å². The Balaban J connectivity index is 1.96. The SMILES string of the molecule is Cc1cc(=O)[nH]c(NC(=O)c2c[nH]c(=O)n(Cc3ccccc3F)c2=O)n1. The standard InChI is InChI=1S/C17H14FN5O4/c1-9-6-13(24)21-16(20-9)22-14(25)11-7-19-17(27)23(15(11)26)8-10-4-2-3-5-12(10)18/h2-7H,8H2,1H3,(H,19,27)(H2,20,21,22,24,25). The number of nitrogens with one attached hydrogen (secondary N) is 3. The van der Waals surface area contributed by atoms with Crippen LogP contribution in [0.25, 0.3) is 0 Å². The van der Waals surface area contributed by atoms with E-state index in [9.17, 15) is 23.6 Å². The summed E-state index contributed by atoms with van der Waals surface area (Å²) in [6.07, 6.45) is 0.950. The first-order valence-corrected chi connectivity index (χ1v) is 7.80. The number of amides is 1. The van der Waals surface area contributed by atoms with Gasteiger partial charge in [0, 0.05) is 23.5 Å². The van der Waals surface area contributed by atoms with Crippen molar-refractivity contribution in [1.82, 2.24) is 19.5 Å². The molecule has 0 atom stereocenters. The number of aromatic nitrogens is 4. The number of carbonyl (C=O) groups is 1. The Bertz CT molecular complexity index is 1190. The monoisotopic (exact) mass is 371 g/mol. The highest BCUT2D eigenvalue weighted by atomic mass is 19.1. The lowest BCUT2D eigenvalue weighted by molar-refractivity contribution is 0.102. The van der Waals surface area contributed by atoms with Crippen LogP contribution in [-0.4, -0.2) is 25.4 Å². The summed E-state index contributed by atoms with van der Waals surface area (Å²) in [6, 6.07) is 6.90. The zero-order chi connectivity index (χ0) is 19.6. The van der Waals surface area contributed by atoms with Gasteiger partial charge in [-0.25, -0.2) is 14.2 Å². The Hall–Kier alpha value is -3.82. The fourth-order valence-corrected chi connectivity index (χ4v) is 2.43. The van der Waals surface area contributed by atoms with Crippen LogP contribution in [0.2, 0.25) is 0 Å². The minimum absolute atomic E-state index is 0.118. The molecule has 0 radical (unpaired) electrons. The summed E-state index contributed by atoms with van der Waals surface area (Å²) in [5.74, 6) is -1.61. The van der Waals surface area contributed by atoms with E-state index in [-0.39, 0.29) is 18.1 Å². The van der Waals surface area contributed by atoms with Gasteiger partial charge >= 0.3 is 5.69 Å². The number of H-pyrrole nitrogens is 2. The molecule has 0 fully saturated rings. The number of aryl methyl sites for hydroxylation is 1. The minimum Gasteiger partial charge on any atom is -0.313 e. The molecule has 1 aromatic carbocycles. The van der Waals surface area contributed by atoms with Gasteiger partial charge in [0.25, 0.3) is 17.0 Å². The largest absolute Gasteiger partial charge is 0.328 e. The predicted molar refractivity (Wildman–Crippen MR) is 94.4 cm³/mol. The molecule has 9 nitrogen and oxygen atoms in total. The molecule has 0 unspecified atom stereocenters. The van der Waals surface area contributed by atoms with Crippen LogP contribution in [0.3, 0.4) is 0 Å². The van der Waals surface area contributed by atoms with E-state index in [1.54, 1.807) is 13.0 Å². The highest BCUT2D eigenvalue weighted by molar-refractivity contribution is 6.02. The van der Waals surface area contributed by atoms with Gasteiger partial charge in [0.2, 0.25) is 5.95 Å². The van der Waals surface area contributed by atoms with Crippen LogP contribution in [0.15, 0.2) is 50.9 Å². The first kappa shape index (κ1) is 18.0. The van der Waals surface area contributed by atoms with Crippen molar-refractivity contribution in [3.63, 3.8) is 0 Å². The van der Waals surface area contributed by atoms with Gasteiger partial charge in [0.15, 0.2) is 0 Å². The highest BCUT2D eigenvalue weighted by Gasteiger charge is 2.17. The number of carbonyl (C=O) groups excluding carboxylic acids is 1. The van der Waals surface area contributed by atoms with Gasteiger partial charge in [0.05, 0.1) is 6.54 Å². The molecule has 1 amide bonds. The first-order valence-electron chi connectivity index (χ1n) is 7.80. The lowest BCUT2D eigenvalue weighted by Crippen LogP contribution is -2.39. The number of hydrogen-bond donors (Lipinski definition) is 3. The summed E-state index contributed by atoms with van der Waals surface area (Å²) in [4.78, 5) is 56.8. The van der Waals surface area contributed by atoms with Crippen molar-refractivity contribution in [2.75, 3.05) is 5.32 Å². The average Bonchev–Trinajstić information content (AvgIpc) is 2.59. The molecule has 0 aliphatic rings. The van der Waals surface area contributed by atoms with Gasteiger partial charge in [-0.1, -0.05) is 18.2 Å². The summed E-state index contributed by atoms with van der Waals surface area (Å²) in [5, 5.41) is 2.29. The molecule has 2 aromatic heterocycles. The van der Waals surface area contributed by atoms with E-state index >= 15 is 0 Å². The molecule has 0 aliphatic heterocycles. The van der Waals surface area contributed by atoms with Crippen molar-refractivity contribution >= 4 is 11.9 Å². The molecule has 0 aliphatic carbocycles. The zero-order valence-electron chi connectivity index (χ0n) is 14.1. The van der Waals surface area contributed by atoms with Crippen LogP contribution in [0.4, 0.5) is 10.3 Å². The lowest BCUT2D eigenvalue weighted by atomic mass is 10.2. The van der Waals surface area contributed by atoms with Crippen LogP contribution in [0.1, 0.15) is 21.6 Å². The zero-order valence-corrected chi connectivity index (χ0v) is 14.1. The summed E-state index contributed by atoms with van der Waals surface area (Å²) < 4.78 is 14.5. The third-order valence-corrected chi connectivity index (χ3v) is 3.69. The summed E-state index contributed by atoms with van der Waals surface area (Å²) in [7, 11) is 0. The second kappa shape index (κ2) is 7.20. The molecule has 27 heavy (non-hydrogen) atoms. The number of rotatable bonds is 4. The maximum atomic E-state index is 13.8.